The molecule has 162 valence electrons. The van der Waals surface area contributed by atoms with Crippen LogP contribution in [0, 0.1) is 23.5 Å². The van der Waals surface area contributed by atoms with Crippen molar-refractivity contribution < 1.29 is 4.79 Å². The maximum absolute atomic E-state index is 12.9. The zero-order valence-corrected chi connectivity index (χ0v) is 18.7. The van der Waals surface area contributed by atoms with Crippen LogP contribution in [0.2, 0.25) is 0 Å². The van der Waals surface area contributed by atoms with Gasteiger partial charge in [0.1, 0.15) is 0 Å². The van der Waals surface area contributed by atoms with E-state index < -0.39 is 0 Å². The lowest BCUT2D eigenvalue weighted by Crippen LogP contribution is -2.35. The molecule has 6 heteroatoms. The van der Waals surface area contributed by atoms with Crippen LogP contribution in [0.25, 0.3) is 10.9 Å². The summed E-state index contributed by atoms with van der Waals surface area (Å²) < 4.78 is 2.16. The number of amides is 1. The second-order valence-electron chi connectivity index (χ2n) is 8.64. The number of aryl methyl sites for hydroxylation is 1. The maximum Gasteiger partial charge on any atom is 0.262 e. The molecule has 0 saturated heterocycles. The molecule has 1 aromatic heterocycles. The first-order valence-corrected chi connectivity index (χ1v) is 11.5. The fourth-order valence-corrected chi connectivity index (χ4v) is 4.73. The first-order chi connectivity index (χ1) is 15.0. The van der Waals surface area contributed by atoms with Crippen LogP contribution in [0.1, 0.15) is 36.8 Å². The Morgan fingerprint density at radius 3 is 2.55 bits per heavy atom. The second kappa shape index (κ2) is 9.60. The van der Waals surface area contributed by atoms with E-state index in [0.29, 0.717) is 29.2 Å². The van der Waals surface area contributed by atoms with Gasteiger partial charge in [0.05, 0.1) is 10.9 Å². The number of hydrogen-bond donors (Lipinski definition) is 2. The quantitative estimate of drug-likeness (QED) is 0.559. The minimum Gasteiger partial charge on any atom is -0.356 e. The van der Waals surface area contributed by atoms with E-state index in [9.17, 15) is 9.59 Å². The molecule has 1 aliphatic rings. The molecule has 1 amide bonds. The van der Waals surface area contributed by atoms with Crippen molar-refractivity contribution in [3.63, 3.8) is 0 Å². The molecule has 2 aromatic carbocycles. The molecule has 31 heavy (non-hydrogen) atoms. The number of aromatic amines is 1. The van der Waals surface area contributed by atoms with Crippen molar-refractivity contribution in [2.45, 2.75) is 45.6 Å². The molecule has 0 atom stereocenters. The van der Waals surface area contributed by atoms with Gasteiger partial charge in [-0.25, -0.2) is 0 Å². The van der Waals surface area contributed by atoms with Gasteiger partial charge in [0.15, 0.2) is 4.77 Å². The SMILES string of the molecule is Cc1ccc(CCNC(=O)C2CCC(Cn3c(=S)[nH]c4ccccc4c3=O)CC2)cc1. The predicted molar refractivity (Wildman–Crippen MR) is 127 cm³/mol. The van der Waals surface area contributed by atoms with Crippen molar-refractivity contribution in [3.8, 4) is 0 Å². The molecule has 0 unspecified atom stereocenters. The van der Waals surface area contributed by atoms with Gasteiger partial charge >= 0.3 is 0 Å². The summed E-state index contributed by atoms with van der Waals surface area (Å²) >= 11 is 5.44. The van der Waals surface area contributed by atoms with E-state index in [1.165, 1.54) is 11.1 Å². The summed E-state index contributed by atoms with van der Waals surface area (Å²) in [6, 6.07) is 15.9. The molecule has 0 spiro atoms. The van der Waals surface area contributed by atoms with E-state index in [4.69, 9.17) is 12.2 Å². The summed E-state index contributed by atoms with van der Waals surface area (Å²) in [7, 11) is 0. The van der Waals surface area contributed by atoms with Gasteiger partial charge in [-0.05, 0) is 74.9 Å². The minimum absolute atomic E-state index is 0.0321. The molecular weight excluding hydrogens is 406 g/mol. The molecule has 2 N–H and O–H groups in total. The maximum atomic E-state index is 12.9. The molecule has 5 nitrogen and oxygen atoms in total. The Kier molecular flexibility index (Phi) is 6.66. The van der Waals surface area contributed by atoms with Crippen LogP contribution in [0.5, 0.6) is 0 Å². The van der Waals surface area contributed by atoms with Crippen molar-refractivity contribution in [3.05, 3.63) is 74.8 Å². The summed E-state index contributed by atoms with van der Waals surface area (Å²) in [5.41, 5.74) is 3.23. The Morgan fingerprint density at radius 2 is 1.81 bits per heavy atom. The van der Waals surface area contributed by atoms with Gasteiger partial charge in [-0.15, -0.1) is 0 Å². The number of carbonyl (C=O) groups is 1. The third-order valence-electron chi connectivity index (χ3n) is 6.38. The first-order valence-electron chi connectivity index (χ1n) is 11.1. The number of H-pyrrole nitrogens is 1. The smallest absolute Gasteiger partial charge is 0.262 e. The number of aromatic nitrogens is 2. The Balaban J connectivity index is 1.29. The third kappa shape index (κ3) is 5.13. The zero-order valence-electron chi connectivity index (χ0n) is 17.9. The highest BCUT2D eigenvalue weighted by atomic mass is 32.1. The molecule has 3 aromatic rings. The molecule has 1 fully saturated rings. The zero-order chi connectivity index (χ0) is 21.8. The van der Waals surface area contributed by atoms with E-state index in [1.807, 2.05) is 24.3 Å². The monoisotopic (exact) mass is 435 g/mol. The van der Waals surface area contributed by atoms with E-state index in [0.717, 1.165) is 37.6 Å². The van der Waals surface area contributed by atoms with Crippen LogP contribution in [0.15, 0.2) is 53.3 Å². The van der Waals surface area contributed by atoms with Crippen LogP contribution < -0.4 is 10.9 Å². The average molecular weight is 436 g/mol. The standard InChI is InChI=1S/C25H29N3O2S/c1-17-6-8-18(9-7-17)14-15-26-23(29)20-12-10-19(11-13-20)16-28-24(30)21-4-2-3-5-22(21)27-25(28)31/h2-9,19-20H,10-16H2,1H3,(H,26,29)(H,27,31). The number of benzene rings is 2. The summed E-state index contributed by atoms with van der Waals surface area (Å²) in [6.07, 6.45) is 4.44. The summed E-state index contributed by atoms with van der Waals surface area (Å²) in [5, 5.41) is 3.77. The summed E-state index contributed by atoms with van der Waals surface area (Å²) in [6.45, 7) is 3.36. The Bertz CT molecular complexity index is 1170. The molecule has 1 heterocycles. The van der Waals surface area contributed by atoms with Crippen LogP contribution in [-0.4, -0.2) is 22.0 Å². The number of nitrogens with zero attached hydrogens (tertiary/aromatic N) is 1. The fraction of sp³-hybridized carbons (Fsp3) is 0.400. The van der Waals surface area contributed by atoms with E-state index in [1.54, 1.807) is 4.57 Å². The lowest BCUT2D eigenvalue weighted by Gasteiger charge is -2.28. The Hall–Kier alpha value is -2.73. The van der Waals surface area contributed by atoms with E-state index in [2.05, 4.69) is 41.5 Å². The topological polar surface area (TPSA) is 66.9 Å². The largest absolute Gasteiger partial charge is 0.356 e. The highest BCUT2D eigenvalue weighted by molar-refractivity contribution is 7.71. The fourth-order valence-electron chi connectivity index (χ4n) is 4.46. The molecular formula is C25H29N3O2S. The highest BCUT2D eigenvalue weighted by Crippen LogP contribution is 2.30. The second-order valence-corrected chi connectivity index (χ2v) is 9.02. The van der Waals surface area contributed by atoms with Gasteiger partial charge in [0, 0.05) is 19.0 Å². The van der Waals surface area contributed by atoms with Crippen molar-refractivity contribution in [2.24, 2.45) is 11.8 Å². The first kappa shape index (κ1) is 21.5. The van der Waals surface area contributed by atoms with Crippen LogP contribution in [-0.2, 0) is 17.8 Å². The van der Waals surface area contributed by atoms with E-state index in [-0.39, 0.29) is 17.4 Å². The van der Waals surface area contributed by atoms with Gasteiger partial charge in [-0.1, -0.05) is 42.0 Å². The number of rotatable bonds is 6. The van der Waals surface area contributed by atoms with Gasteiger partial charge in [0.2, 0.25) is 5.91 Å². The third-order valence-corrected chi connectivity index (χ3v) is 6.70. The normalized spacial score (nSPS) is 18.7. The predicted octanol–water partition coefficient (Wildman–Crippen LogP) is 4.53. The number of fused-ring (bicyclic) bond motifs is 1. The van der Waals surface area contributed by atoms with Gasteiger partial charge < -0.3 is 10.3 Å². The van der Waals surface area contributed by atoms with Crippen molar-refractivity contribution in [1.29, 1.82) is 0 Å². The lowest BCUT2D eigenvalue weighted by molar-refractivity contribution is -0.126. The van der Waals surface area contributed by atoms with Crippen LogP contribution in [0.3, 0.4) is 0 Å². The molecule has 0 bridgehead atoms. The molecule has 1 saturated carbocycles. The average Bonchev–Trinajstić information content (AvgIpc) is 2.78. The van der Waals surface area contributed by atoms with Gasteiger partial charge in [-0.3, -0.25) is 14.2 Å². The van der Waals surface area contributed by atoms with Crippen LogP contribution >= 0.6 is 12.2 Å². The number of nitrogens with one attached hydrogen (secondary N) is 2. The van der Waals surface area contributed by atoms with Gasteiger partial charge in [-0.2, -0.15) is 0 Å². The molecule has 4 rings (SSSR count). The van der Waals surface area contributed by atoms with Crippen molar-refractivity contribution >= 4 is 29.0 Å². The molecule has 0 radical (unpaired) electrons. The highest BCUT2D eigenvalue weighted by Gasteiger charge is 2.26. The molecule has 1 aliphatic carbocycles. The van der Waals surface area contributed by atoms with Crippen molar-refractivity contribution in [2.75, 3.05) is 6.54 Å². The number of hydrogen-bond acceptors (Lipinski definition) is 3. The Labute approximate surface area is 187 Å². The minimum atomic E-state index is -0.0321. The lowest BCUT2D eigenvalue weighted by atomic mass is 9.81. The van der Waals surface area contributed by atoms with Gasteiger partial charge in [0.25, 0.3) is 5.56 Å². The van der Waals surface area contributed by atoms with Crippen LogP contribution in [0.4, 0.5) is 0 Å². The number of para-hydroxylation sites is 1. The Morgan fingerprint density at radius 1 is 1.10 bits per heavy atom. The number of carbonyl (C=O) groups excluding carboxylic acids is 1. The molecule has 0 aliphatic heterocycles. The van der Waals surface area contributed by atoms with Crippen molar-refractivity contribution in [1.82, 2.24) is 14.9 Å². The van der Waals surface area contributed by atoms with E-state index >= 15 is 0 Å². The summed E-state index contributed by atoms with van der Waals surface area (Å²) in [4.78, 5) is 28.6. The summed E-state index contributed by atoms with van der Waals surface area (Å²) in [5.74, 6) is 0.591.